The number of ether oxygens (including phenoxy) is 1. The van der Waals surface area contributed by atoms with Gasteiger partial charge in [0.2, 0.25) is 5.91 Å². The van der Waals surface area contributed by atoms with E-state index in [9.17, 15) is 19.5 Å². The topological polar surface area (TPSA) is 95.9 Å². The largest absolute Gasteiger partial charge is 0.481 e. The Hall–Kier alpha value is -3.00. The summed E-state index contributed by atoms with van der Waals surface area (Å²) >= 11 is 1.60. The van der Waals surface area contributed by atoms with Crippen LogP contribution in [0.1, 0.15) is 43.2 Å². The number of fused-ring (bicyclic) bond motifs is 3. The van der Waals surface area contributed by atoms with Gasteiger partial charge in [-0.15, -0.1) is 0 Å². The Morgan fingerprint density at radius 3 is 2.31 bits per heavy atom. The molecule has 2 amide bonds. The minimum Gasteiger partial charge on any atom is -0.481 e. The van der Waals surface area contributed by atoms with E-state index >= 15 is 0 Å². The Balaban J connectivity index is 1.40. The van der Waals surface area contributed by atoms with Crippen LogP contribution in [0.3, 0.4) is 0 Å². The Kier molecular flexibility index (Phi) is 8.00. The first-order valence-corrected chi connectivity index (χ1v) is 13.4. The number of hydrogen-bond acceptors (Lipinski definition) is 5. The standard InChI is InChI=1S/C27H32N2O5S/c1-17-15-18(26(31)32)11-13-29(17)25(30)24(12-14-35-2)28-27(33)34-16-23-21-9-5-3-7-19(21)20-8-4-6-10-22(20)23/h3-10,17-18,23-24H,11-16H2,1-2H3,(H,28,33)(H,31,32)/t17-,18-,24+/m0/s1. The van der Waals surface area contributed by atoms with Crippen molar-refractivity contribution in [2.24, 2.45) is 5.92 Å². The molecule has 186 valence electrons. The molecule has 4 rings (SSSR count). The summed E-state index contributed by atoms with van der Waals surface area (Å²) in [5.41, 5.74) is 4.58. The molecule has 1 heterocycles. The van der Waals surface area contributed by atoms with Gasteiger partial charge in [-0.3, -0.25) is 9.59 Å². The number of nitrogens with zero attached hydrogens (tertiary/aromatic N) is 1. The van der Waals surface area contributed by atoms with Crippen molar-refractivity contribution in [2.75, 3.05) is 25.2 Å². The summed E-state index contributed by atoms with van der Waals surface area (Å²) < 4.78 is 5.66. The summed E-state index contributed by atoms with van der Waals surface area (Å²) in [6.45, 7) is 2.43. The van der Waals surface area contributed by atoms with E-state index in [0.717, 1.165) is 22.3 Å². The van der Waals surface area contributed by atoms with E-state index in [1.165, 1.54) is 0 Å². The number of carboxylic acid groups (broad SMARTS) is 1. The molecule has 1 aliphatic carbocycles. The van der Waals surface area contributed by atoms with E-state index in [1.807, 2.05) is 37.4 Å². The first kappa shape index (κ1) is 25.1. The highest BCUT2D eigenvalue weighted by molar-refractivity contribution is 7.98. The van der Waals surface area contributed by atoms with Crippen LogP contribution in [-0.2, 0) is 14.3 Å². The van der Waals surface area contributed by atoms with Gasteiger partial charge in [0.25, 0.3) is 0 Å². The van der Waals surface area contributed by atoms with Crippen molar-refractivity contribution in [2.45, 2.75) is 44.2 Å². The lowest BCUT2D eigenvalue weighted by Gasteiger charge is -2.38. The second-order valence-electron chi connectivity index (χ2n) is 9.24. The summed E-state index contributed by atoms with van der Waals surface area (Å²) in [6.07, 6.45) is 2.66. The number of thioether (sulfide) groups is 1. The van der Waals surface area contributed by atoms with E-state index in [4.69, 9.17) is 4.74 Å². The van der Waals surface area contributed by atoms with Crippen LogP contribution in [-0.4, -0.2) is 65.2 Å². The number of aliphatic carboxylic acids is 1. The Morgan fingerprint density at radius 2 is 1.74 bits per heavy atom. The number of benzene rings is 2. The van der Waals surface area contributed by atoms with E-state index in [0.29, 0.717) is 31.6 Å². The number of alkyl carbamates (subject to hydrolysis) is 1. The van der Waals surface area contributed by atoms with Crippen molar-refractivity contribution in [3.05, 3.63) is 59.7 Å². The highest BCUT2D eigenvalue weighted by Crippen LogP contribution is 2.44. The number of piperidine rings is 1. The predicted octanol–water partition coefficient (Wildman–Crippen LogP) is 4.36. The van der Waals surface area contributed by atoms with Crippen LogP contribution >= 0.6 is 11.8 Å². The number of carboxylic acids is 1. The third kappa shape index (κ3) is 5.48. The summed E-state index contributed by atoms with van der Waals surface area (Å²) in [7, 11) is 0. The van der Waals surface area contributed by atoms with Gasteiger partial charge in [0.15, 0.2) is 0 Å². The highest BCUT2D eigenvalue weighted by atomic mass is 32.2. The van der Waals surface area contributed by atoms with Crippen molar-refractivity contribution in [3.8, 4) is 11.1 Å². The van der Waals surface area contributed by atoms with Crippen molar-refractivity contribution in [1.29, 1.82) is 0 Å². The molecule has 8 heteroatoms. The fourth-order valence-corrected chi connectivity index (χ4v) is 5.67. The number of carbonyl (C=O) groups excluding carboxylic acids is 2. The third-order valence-electron chi connectivity index (χ3n) is 7.05. The average Bonchev–Trinajstić information content (AvgIpc) is 3.18. The van der Waals surface area contributed by atoms with Crippen LogP contribution in [0.2, 0.25) is 0 Å². The molecule has 35 heavy (non-hydrogen) atoms. The average molecular weight is 497 g/mol. The molecular weight excluding hydrogens is 464 g/mol. The van der Waals surface area contributed by atoms with Gasteiger partial charge in [0.1, 0.15) is 12.6 Å². The normalized spacial score (nSPS) is 20.0. The maximum absolute atomic E-state index is 13.3. The summed E-state index contributed by atoms with van der Waals surface area (Å²) in [5, 5.41) is 12.1. The zero-order valence-corrected chi connectivity index (χ0v) is 20.9. The molecule has 0 spiro atoms. The van der Waals surface area contributed by atoms with Crippen LogP contribution < -0.4 is 5.32 Å². The van der Waals surface area contributed by atoms with Crippen molar-refractivity contribution < 1.29 is 24.2 Å². The van der Waals surface area contributed by atoms with Crippen LogP contribution in [0.5, 0.6) is 0 Å². The molecule has 0 radical (unpaired) electrons. The van der Waals surface area contributed by atoms with E-state index < -0.39 is 24.0 Å². The van der Waals surface area contributed by atoms with Gasteiger partial charge in [0, 0.05) is 18.5 Å². The molecule has 0 saturated carbocycles. The second kappa shape index (κ2) is 11.2. The molecule has 1 aliphatic heterocycles. The van der Waals surface area contributed by atoms with Gasteiger partial charge < -0.3 is 20.1 Å². The van der Waals surface area contributed by atoms with Crippen LogP contribution in [0.15, 0.2) is 48.5 Å². The van der Waals surface area contributed by atoms with Gasteiger partial charge in [-0.25, -0.2) is 4.79 Å². The van der Waals surface area contributed by atoms with Gasteiger partial charge >= 0.3 is 12.1 Å². The minimum absolute atomic E-state index is 0.0523. The molecule has 2 aliphatic rings. The fraction of sp³-hybridized carbons (Fsp3) is 0.444. The zero-order valence-electron chi connectivity index (χ0n) is 20.1. The van der Waals surface area contributed by atoms with Crippen molar-refractivity contribution in [3.63, 3.8) is 0 Å². The monoisotopic (exact) mass is 496 g/mol. The van der Waals surface area contributed by atoms with Crippen molar-refractivity contribution >= 4 is 29.7 Å². The Morgan fingerprint density at radius 1 is 1.11 bits per heavy atom. The van der Waals surface area contributed by atoms with E-state index in [1.54, 1.807) is 16.7 Å². The molecule has 0 unspecified atom stereocenters. The lowest BCUT2D eigenvalue weighted by Crippen LogP contribution is -2.54. The Bertz CT molecular complexity index is 1050. The number of rotatable bonds is 8. The molecule has 2 aromatic carbocycles. The molecule has 1 saturated heterocycles. The molecule has 7 nitrogen and oxygen atoms in total. The SMILES string of the molecule is CSCC[C@@H](NC(=O)OCC1c2ccccc2-c2ccccc21)C(=O)N1CC[C@H](C(=O)O)C[C@@H]1C. The number of nitrogens with one attached hydrogen (secondary N) is 1. The van der Waals surface area contributed by atoms with Gasteiger partial charge in [0.05, 0.1) is 5.92 Å². The van der Waals surface area contributed by atoms with Crippen LogP contribution in [0.25, 0.3) is 11.1 Å². The van der Waals surface area contributed by atoms with Gasteiger partial charge in [-0.05, 0) is 60.4 Å². The number of likely N-dealkylation sites (tertiary alicyclic amines) is 1. The predicted molar refractivity (Wildman–Crippen MR) is 137 cm³/mol. The lowest BCUT2D eigenvalue weighted by molar-refractivity contribution is -0.148. The van der Waals surface area contributed by atoms with Crippen molar-refractivity contribution in [1.82, 2.24) is 10.2 Å². The number of amides is 2. The fourth-order valence-electron chi connectivity index (χ4n) is 5.20. The summed E-state index contributed by atoms with van der Waals surface area (Å²) in [4.78, 5) is 39.2. The smallest absolute Gasteiger partial charge is 0.407 e. The van der Waals surface area contributed by atoms with Crippen LogP contribution in [0, 0.1) is 5.92 Å². The van der Waals surface area contributed by atoms with E-state index in [-0.39, 0.29) is 24.5 Å². The molecule has 3 atom stereocenters. The molecule has 2 aromatic rings. The van der Waals surface area contributed by atoms with Crippen LogP contribution in [0.4, 0.5) is 4.79 Å². The summed E-state index contributed by atoms with van der Waals surface area (Å²) in [6, 6.07) is 15.4. The number of hydrogen-bond donors (Lipinski definition) is 2. The lowest BCUT2D eigenvalue weighted by atomic mass is 9.91. The van der Waals surface area contributed by atoms with E-state index in [2.05, 4.69) is 29.6 Å². The Labute approximate surface area is 210 Å². The maximum Gasteiger partial charge on any atom is 0.407 e. The first-order valence-electron chi connectivity index (χ1n) is 12.0. The van der Waals surface area contributed by atoms with Gasteiger partial charge in [-0.2, -0.15) is 11.8 Å². The van der Waals surface area contributed by atoms with Gasteiger partial charge in [-0.1, -0.05) is 48.5 Å². The number of carbonyl (C=O) groups is 3. The molecular formula is C27H32N2O5S. The second-order valence-corrected chi connectivity index (χ2v) is 10.2. The zero-order chi connectivity index (χ0) is 24.9. The maximum atomic E-state index is 13.3. The third-order valence-corrected chi connectivity index (χ3v) is 7.70. The molecule has 2 N–H and O–H groups in total. The molecule has 1 fully saturated rings. The quantitative estimate of drug-likeness (QED) is 0.564. The summed E-state index contributed by atoms with van der Waals surface area (Å²) in [5.74, 6) is -0.777. The first-order chi connectivity index (χ1) is 16.9. The molecule has 0 aromatic heterocycles. The minimum atomic E-state index is -0.820. The molecule has 0 bridgehead atoms. The highest BCUT2D eigenvalue weighted by Gasteiger charge is 2.36.